The zero-order valence-corrected chi connectivity index (χ0v) is 14.4. The lowest BCUT2D eigenvalue weighted by atomic mass is 10.1. The molecular formula is C16H23ClN2O3. The first-order chi connectivity index (χ1) is 10.1. The van der Waals surface area contributed by atoms with Gasteiger partial charge in [-0.2, -0.15) is 0 Å². The van der Waals surface area contributed by atoms with Crippen molar-refractivity contribution >= 4 is 23.4 Å². The first-order valence-electron chi connectivity index (χ1n) is 7.07. The summed E-state index contributed by atoms with van der Waals surface area (Å²) in [6, 6.07) is 6.83. The van der Waals surface area contributed by atoms with Gasteiger partial charge in [-0.25, -0.2) is 0 Å². The van der Waals surface area contributed by atoms with E-state index in [0.717, 1.165) is 0 Å². The Morgan fingerprint density at radius 3 is 2.55 bits per heavy atom. The lowest BCUT2D eigenvalue weighted by Crippen LogP contribution is -2.48. The van der Waals surface area contributed by atoms with E-state index in [1.807, 2.05) is 20.8 Å². The molecule has 0 aliphatic carbocycles. The second kappa shape index (κ2) is 7.49. The van der Waals surface area contributed by atoms with Crippen molar-refractivity contribution in [1.29, 1.82) is 0 Å². The van der Waals surface area contributed by atoms with E-state index in [4.69, 9.17) is 16.3 Å². The Hall–Kier alpha value is -1.75. The minimum Gasteiger partial charge on any atom is -0.481 e. The maximum atomic E-state index is 12.2. The molecule has 0 aliphatic rings. The Bertz CT molecular complexity index is 540. The second-order valence-corrected chi connectivity index (χ2v) is 6.65. The van der Waals surface area contributed by atoms with E-state index in [2.05, 4.69) is 5.32 Å². The highest BCUT2D eigenvalue weighted by molar-refractivity contribution is 6.30. The van der Waals surface area contributed by atoms with Crippen LogP contribution in [0.4, 0.5) is 0 Å². The third kappa shape index (κ3) is 6.35. The number of hydrogen-bond acceptors (Lipinski definition) is 3. The van der Waals surface area contributed by atoms with Crippen LogP contribution < -0.4 is 10.1 Å². The van der Waals surface area contributed by atoms with Crippen molar-refractivity contribution in [2.45, 2.75) is 39.3 Å². The number of ether oxygens (including phenoxy) is 1. The number of hydrogen-bond donors (Lipinski definition) is 1. The van der Waals surface area contributed by atoms with Crippen LogP contribution in [-0.4, -0.2) is 41.9 Å². The Balaban J connectivity index is 2.57. The SMILES string of the molecule is CC(Oc1cccc(Cl)c1)C(=O)N(C)CC(=O)NC(C)(C)C. The summed E-state index contributed by atoms with van der Waals surface area (Å²) in [6.07, 6.45) is -0.703. The van der Waals surface area contributed by atoms with E-state index in [-0.39, 0.29) is 23.9 Å². The van der Waals surface area contributed by atoms with Crippen LogP contribution in [0, 0.1) is 0 Å². The topological polar surface area (TPSA) is 58.6 Å². The van der Waals surface area contributed by atoms with E-state index in [1.165, 1.54) is 4.90 Å². The van der Waals surface area contributed by atoms with Gasteiger partial charge in [-0.15, -0.1) is 0 Å². The molecule has 5 nitrogen and oxygen atoms in total. The maximum absolute atomic E-state index is 12.2. The molecule has 1 aromatic rings. The highest BCUT2D eigenvalue weighted by Gasteiger charge is 2.22. The Kier molecular flexibility index (Phi) is 6.23. The summed E-state index contributed by atoms with van der Waals surface area (Å²) in [4.78, 5) is 25.4. The standard InChI is InChI=1S/C16H23ClN2O3/c1-11(22-13-8-6-7-12(17)9-13)15(21)19(5)10-14(20)18-16(2,3)4/h6-9,11H,10H2,1-5H3,(H,18,20). The molecule has 0 aliphatic heterocycles. The van der Waals surface area contributed by atoms with Gasteiger partial charge in [0.2, 0.25) is 5.91 Å². The summed E-state index contributed by atoms with van der Waals surface area (Å²) in [5, 5.41) is 3.35. The van der Waals surface area contributed by atoms with Gasteiger partial charge >= 0.3 is 0 Å². The number of amides is 2. The van der Waals surface area contributed by atoms with Gasteiger partial charge in [0, 0.05) is 17.6 Å². The zero-order valence-electron chi connectivity index (χ0n) is 13.6. The molecule has 1 N–H and O–H groups in total. The summed E-state index contributed by atoms with van der Waals surface area (Å²) in [5.74, 6) is 0.0308. The Morgan fingerprint density at radius 2 is 2.00 bits per heavy atom. The highest BCUT2D eigenvalue weighted by atomic mass is 35.5. The number of halogens is 1. The summed E-state index contributed by atoms with van der Waals surface area (Å²) in [5.41, 5.74) is -0.329. The van der Waals surface area contributed by atoms with Gasteiger partial charge in [-0.1, -0.05) is 17.7 Å². The number of carbonyl (C=O) groups is 2. The summed E-state index contributed by atoms with van der Waals surface area (Å²) < 4.78 is 5.55. The predicted molar refractivity (Wildman–Crippen MR) is 87.1 cm³/mol. The Morgan fingerprint density at radius 1 is 1.36 bits per heavy atom. The zero-order chi connectivity index (χ0) is 16.9. The molecule has 0 saturated heterocycles. The fraction of sp³-hybridized carbons (Fsp3) is 0.500. The molecule has 0 heterocycles. The molecule has 0 spiro atoms. The van der Waals surface area contributed by atoms with E-state index in [9.17, 15) is 9.59 Å². The molecule has 0 fully saturated rings. The van der Waals surface area contributed by atoms with Crippen LogP contribution in [0.5, 0.6) is 5.75 Å². The molecule has 0 bridgehead atoms. The third-order valence-corrected chi connectivity index (χ3v) is 2.96. The van der Waals surface area contributed by atoms with Gasteiger partial charge in [-0.3, -0.25) is 9.59 Å². The molecular weight excluding hydrogens is 304 g/mol. The smallest absolute Gasteiger partial charge is 0.263 e. The Labute approximate surface area is 136 Å². The minimum absolute atomic E-state index is 0.0145. The van der Waals surface area contributed by atoms with Crippen molar-refractivity contribution in [2.75, 3.05) is 13.6 Å². The fourth-order valence-electron chi connectivity index (χ4n) is 1.86. The lowest BCUT2D eigenvalue weighted by Gasteiger charge is -2.25. The maximum Gasteiger partial charge on any atom is 0.263 e. The van der Waals surface area contributed by atoms with E-state index >= 15 is 0 Å². The first-order valence-corrected chi connectivity index (χ1v) is 7.44. The van der Waals surface area contributed by atoms with Crippen LogP contribution in [0.3, 0.4) is 0 Å². The van der Waals surface area contributed by atoms with Crippen LogP contribution in [-0.2, 0) is 9.59 Å². The van der Waals surface area contributed by atoms with Crippen molar-refractivity contribution < 1.29 is 14.3 Å². The fourth-order valence-corrected chi connectivity index (χ4v) is 2.04. The molecule has 6 heteroatoms. The van der Waals surface area contributed by atoms with Gasteiger partial charge in [0.25, 0.3) is 5.91 Å². The minimum atomic E-state index is -0.703. The van der Waals surface area contributed by atoms with Crippen molar-refractivity contribution in [1.82, 2.24) is 10.2 Å². The van der Waals surface area contributed by atoms with E-state index < -0.39 is 6.10 Å². The summed E-state index contributed by atoms with van der Waals surface area (Å²) in [7, 11) is 1.57. The molecule has 22 heavy (non-hydrogen) atoms. The average Bonchev–Trinajstić information content (AvgIpc) is 2.35. The largest absolute Gasteiger partial charge is 0.481 e. The first kappa shape index (κ1) is 18.3. The van der Waals surface area contributed by atoms with E-state index in [0.29, 0.717) is 10.8 Å². The van der Waals surface area contributed by atoms with Gasteiger partial charge in [0.1, 0.15) is 5.75 Å². The third-order valence-electron chi connectivity index (χ3n) is 2.73. The molecule has 0 saturated carbocycles. The van der Waals surface area contributed by atoms with Crippen molar-refractivity contribution in [2.24, 2.45) is 0 Å². The van der Waals surface area contributed by atoms with Gasteiger partial charge < -0.3 is 15.0 Å². The number of rotatable bonds is 5. The van der Waals surface area contributed by atoms with Crippen LogP contribution in [0.15, 0.2) is 24.3 Å². The molecule has 1 aromatic carbocycles. The average molecular weight is 327 g/mol. The van der Waals surface area contributed by atoms with Gasteiger partial charge in [-0.05, 0) is 45.9 Å². The lowest BCUT2D eigenvalue weighted by molar-refractivity contribution is -0.140. The number of benzene rings is 1. The van der Waals surface area contributed by atoms with Crippen LogP contribution in [0.2, 0.25) is 5.02 Å². The van der Waals surface area contributed by atoms with Crippen molar-refractivity contribution in [3.63, 3.8) is 0 Å². The predicted octanol–water partition coefficient (Wildman–Crippen LogP) is 2.48. The van der Waals surface area contributed by atoms with Gasteiger partial charge in [0.05, 0.1) is 6.54 Å². The number of nitrogens with zero attached hydrogens (tertiary/aromatic N) is 1. The van der Waals surface area contributed by atoms with Gasteiger partial charge in [0.15, 0.2) is 6.10 Å². The number of nitrogens with one attached hydrogen (secondary N) is 1. The van der Waals surface area contributed by atoms with Crippen LogP contribution in [0.1, 0.15) is 27.7 Å². The number of carbonyl (C=O) groups excluding carboxylic acids is 2. The molecule has 122 valence electrons. The molecule has 1 atom stereocenters. The monoisotopic (exact) mass is 326 g/mol. The second-order valence-electron chi connectivity index (χ2n) is 6.21. The van der Waals surface area contributed by atoms with Crippen molar-refractivity contribution in [3.8, 4) is 5.75 Å². The molecule has 1 unspecified atom stereocenters. The van der Waals surface area contributed by atoms with Crippen molar-refractivity contribution in [3.05, 3.63) is 29.3 Å². The summed E-state index contributed by atoms with van der Waals surface area (Å²) >= 11 is 5.87. The van der Waals surface area contributed by atoms with Crippen LogP contribution >= 0.6 is 11.6 Å². The molecule has 0 radical (unpaired) electrons. The summed E-state index contributed by atoms with van der Waals surface area (Å²) in [6.45, 7) is 7.29. The number of likely N-dealkylation sites (N-methyl/N-ethyl adjacent to an activating group) is 1. The van der Waals surface area contributed by atoms with E-state index in [1.54, 1.807) is 38.2 Å². The quantitative estimate of drug-likeness (QED) is 0.904. The highest BCUT2D eigenvalue weighted by Crippen LogP contribution is 2.18. The normalized spacial score (nSPS) is 12.5. The molecule has 0 aromatic heterocycles. The van der Waals surface area contributed by atoms with Crippen LogP contribution in [0.25, 0.3) is 0 Å². The molecule has 1 rings (SSSR count). The molecule has 2 amide bonds.